The van der Waals surface area contributed by atoms with E-state index in [0.29, 0.717) is 29.6 Å². The number of hydrogen-bond donors (Lipinski definition) is 1. The Bertz CT molecular complexity index is 438. The van der Waals surface area contributed by atoms with Crippen LogP contribution < -0.4 is 5.32 Å². The Balaban J connectivity index is 2.04. The minimum Gasteiger partial charge on any atom is -0.316 e. The standard InChI is InChI=1S/C13H21ClN4O/c1-17(2)5-6-18-13(11(14)9-16-18)12(19)7-10-3-4-15-8-10/h9-10,15H,3-8H2,1-2H3. The summed E-state index contributed by atoms with van der Waals surface area (Å²) < 4.78 is 1.73. The molecule has 1 aliphatic heterocycles. The first-order valence-corrected chi connectivity index (χ1v) is 7.05. The molecule has 1 aliphatic rings. The number of nitrogens with one attached hydrogen (secondary N) is 1. The van der Waals surface area contributed by atoms with Crippen LogP contribution >= 0.6 is 11.6 Å². The lowest BCUT2D eigenvalue weighted by Gasteiger charge is -2.13. The Morgan fingerprint density at radius 1 is 1.63 bits per heavy atom. The summed E-state index contributed by atoms with van der Waals surface area (Å²) in [5.41, 5.74) is 0.565. The SMILES string of the molecule is CN(C)CCn1ncc(Cl)c1C(=O)CC1CCNC1. The smallest absolute Gasteiger partial charge is 0.182 e. The molecule has 2 rings (SSSR count). The van der Waals surface area contributed by atoms with E-state index in [-0.39, 0.29) is 5.78 Å². The Hall–Kier alpha value is -0.910. The summed E-state index contributed by atoms with van der Waals surface area (Å²) in [5, 5.41) is 7.95. The molecule has 0 bridgehead atoms. The van der Waals surface area contributed by atoms with Crippen molar-refractivity contribution in [3.63, 3.8) is 0 Å². The highest BCUT2D eigenvalue weighted by molar-refractivity contribution is 6.33. The number of rotatable bonds is 6. The Kier molecular flexibility index (Phi) is 4.96. The molecule has 5 nitrogen and oxygen atoms in total. The molecule has 1 unspecified atom stereocenters. The van der Waals surface area contributed by atoms with E-state index in [9.17, 15) is 4.79 Å². The van der Waals surface area contributed by atoms with Gasteiger partial charge in [0.1, 0.15) is 5.69 Å². The highest BCUT2D eigenvalue weighted by Crippen LogP contribution is 2.21. The molecule has 1 aromatic rings. The molecule has 0 saturated carbocycles. The van der Waals surface area contributed by atoms with Crippen molar-refractivity contribution in [2.75, 3.05) is 33.7 Å². The van der Waals surface area contributed by atoms with Gasteiger partial charge in [0.15, 0.2) is 5.78 Å². The molecule has 106 valence electrons. The molecule has 1 aromatic heterocycles. The summed E-state index contributed by atoms with van der Waals surface area (Å²) in [4.78, 5) is 14.4. The van der Waals surface area contributed by atoms with E-state index in [1.165, 1.54) is 0 Å². The molecule has 1 saturated heterocycles. The van der Waals surface area contributed by atoms with Crippen LogP contribution in [0.3, 0.4) is 0 Å². The van der Waals surface area contributed by atoms with E-state index in [4.69, 9.17) is 11.6 Å². The first-order valence-electron chi connectivity index (χ1n) is 6.68. The molecule has 1 N–H and O–H groups in total. The number of likely N-dealkylation sites (N-methyl/N-ethyl adjacent to an activating group) is 1. The fraction of sp³-hybridized carbons (Fsp3) is 0.692. The topological polar surface area (TPSA) is 50.2 Å². The lowest BCUT2D eigenvalue weighted by Crippen LogP contribution is -2.22. The van der Waals surface area contributed by atoms with Gasteiger partial charge in [0.05, 0.1) is 17.8 Å². The van der Waals surface area contributed by atoms with Gasteiger partial charge in [-0.25, -0.2) is 0 Å². The molecule has 0 radical (unpaired) electrons. The van der Waals surface area contributed by atoms with Gasteiger partial charge in [-0.3, -0.25) is 9.48 Å². The van der Waals surface area contributed by atoms with Crippen molar-refractivity contribution < 1.29 is 4.79 Å². The third kappa shape index (κ3) is 3.78. The van der Waals surface area contributed by atoms with Gasteiger partial charge >= 0.3 is 0 Å². The quantitative estimate of drug-likeness (QED) is 0.800. The average molecular weight is 285 g/mol. The van der Waals surface area contributed by atoms with Gasteiger partial charge in [-0.1, -0.05) is 11.6 Å². The number of carbonyl (C=O) groups is 1. The first kappa shape index (κ1) is 14.5. The zero-order valence-electron chi connectivity index (χ0n) is 11.5. The fourth-order valence-corrected chi connectivity index (χ4v) is 2.60. The maximum Gasteiger partial charge on any atom is 0.182 e. The highest BCUT2D eigenvalue weighted by atomic mass is 35.5. The monoisotopic (exact) mass is 284 g/mol. The van der Waals surface area contributed by atoms with Crippen molar-refractivity contribution in [2.45, 2.75) is 19.4 Å². The van der Waals surface area contributed by atoms with Crippen molar-refractivity contribution in [3.8, 4) is 0 Å². The van der Waals surface area contributed by atoms with E-state index >= 15 is 0 Å². The number of carbonyl (C=O) groups excluding carboxylic acids is 1. The van der Waals surface area contributed by atoms with Gasteiger partial charge in [0, 0.05) is 13.0 Å². The Labute approximate surface area is 118 Å². The third-order valence-corrected chi connectivity index (χ3v) is 3.73. The van der Waals surface area contributed by atoms with Crippen molar-refractivity contribution in [1.29, 1.82) is 0 Å². The zero-order chi connectivity index (χ0) is 13.8. The highest BCUT2D eigenvalue weighted by Gasteiger charge is 2.23. The van der Waals surface area contributed by atoms with Gasteiger partial charge in [0.25, 0.3) is 0 Å². The van der Waals surface area contributed by atoms with Crippen LogP contribution in [-0.2, 0) is 6.54 Å². The van der Waals surface area contributed by atoms with Crippen LogP contribution in [0.15, 0.2) is 6.20 Å². The second-order valence-corrected chi connectivity index (χ2v) is 5.76. The molecule has 0 aromatic carbocycles. The van der Waals surface area contributed by atoms with Crippen LogP contribution in [0.5, 0.6) is 0 Å². The number of hydrogen-bond acceptors (Lipinski definition) is 4. The Morgan fingerprint density at radius 2 is 2.42 bits per heavy atom. The summed E-state index contributed by atoms with van der Waals surface area (Å²) in [6, 6.07) is 0. The number of nitrogens with zero attached hydrogens (tertiary/aromatic N) is 3. The molecule has 0 aliphatic carbocycles. The molecule has 0 amide bonds. The molecular weight excluding hydrogens is 264 g/mol. The lowest BCUT2D eigenvalue weighted by molar-refractivity contribution is 0.0953. The molecule has 1 fully saturated rings. The largest absolute Gasteiger partial charge is 0.316 e. The predicted molar refractivity (Wildman–Crippen MR) is 75.7 cm³/mol. The first-order chi connectivity index (χ1) is 9.08. The van der Waals surface area contributed by atoms with Crippen molar-refractivity contribution in [1.82, 2.24) is 20.0 Å². The van der Waals surface area contributed by atoms with E-state index < -0.39 is 0 Å². The maximum absolute atomic E-state index is 12.4. The average Bonchev–Trinajstić information content (AvgIpc) is 2.96. The number of halogens is 1. The fourth-order valence-electron chi connectivity index (χ4n) is 2.35. The maximum atomic E-state index is 12.4. The van der Waals surface area contributed by atoms with Crippen LogP contribution in [0, 0.1) is 5.92 Å². The minimum absolute atomic E-state index is 0.106. The van der Waals surface area contributed by atoms with Crippen molar-refractivity contribution >= 4 is 17.4 Å². The summed E-state index contributed by atoms with van der Waals surface area (Å²) in [5.74, 6) is 0.538. The zero-order valence-corrected chi connectivity index (χ0v) is 12.3. The predicted octanol–water partition coefficient (Wildman–Crippen LogP) is 1.28. The molecule has 19 heavy (non-hydrogen) atoms. The minimum atomic E-state index is 0.106. The lowest BCUT2D eigenvalue weighted by atomic mass is 10.0. The van der Waals surface area contributed by atoms with E-state index in [2.05, 4.69) is 15.3 Å². The summed E-state index contributed by atoms with van der Waals surface area (Å²) in [7, 11) is 3.99. The van der Waals surface area contributed by atoms with Gasteiger partial charge < -0.3 is 10.2 Å². The van der Waals surface area contributed by atoms with Crippen LogP contribution in [0.25, 0.3) is 0 Å². The molecule has 6 heteroatoms. The summed E-state index contributed by atoms with van der Waals surface area (Å²) in [6.45, 7) is 3.45. The van der Waals surface area contributed by atoms with Crippen LogP contribution in [0.1, 0.15) is 23.3 Å². The Morgan fingerprint density at radius 3 is 3.05 bits per heavy atom. The molecule has 1 atom stereocenters. The van der Waals surface area contributed by atoms with E-state index in [1.54, 1.807) is 10.9 Å². The second kappa shape index (κ2) is 6.50. The normalized spacial score (nSPS) is 19.3. The van der Waals surface area contributed by atoms with Gasteiger partial charge in [0.2, 0.25) is 0 Å². The molecular formula is C13H21ClN4O. The van der Waals surface area contributed by atoms with Crippen molar-refractivity contribution in [3.05, 3.63) is 16.9 Å². The van der Waals surface area contributed by atoms with E-state index in [0.717, 1.165) is 26.1 Å². The molecule has 2 heterocycles. The summed E-state index contributed by atoms with van der Waals surface area (Å²) in [6.07, 6.45) is 3.19. The number of aromatic nitrogens is 2. The number of Topliss-reactive ketones (excluding diaryl/α,β-unsaturated/α-hetero) is 1. The van der Waals surface area contributed by atoms with Gasteiger partial charge in [-0.15, -0.1) is 0 Å². The number of ketones is 1. The van der Waals surface area contributed by atoms with Gasteiger partial charge in [-0.05, 0) is 39.5 Å². The van der Waals surface area contributed by atoms with E-state index in [1.807, 2.05) is 14.1 Å². The van der Waals surface area contributed by atoms with Crippen LogP contribution in [0.4, 0.5) is 0 Å². The van der Waals surface area contributed by atoms with Crippen LogP contribution in [0.2, 0.25) is 5.02 Å². The third-order valence-electron chi connectivity index (χ3n) is 3.45. The van der Waals surface area contributed by atoms with Gasteiger partial charge in [-0.2, -0.15) is 5.10 Å². The van der Waals surface area contributed by atoms with Crippen LogP contribution in [-0.4, -0.2) is 54.2 Å². The van der Waals surface area contributed by atoms with Crippen molar-refractivity contribution in [2.24, 2.45) is 5.92 Å². The molecule has 0 spiro atoms. The second-order valence-electron chi connectivity index (χ2n) is 5.35. The summed E-state index contributed by atoms with van der Waals surface area (Å²) >= 11 is 6.11.